The van der Waals surface area contributed by atoms with Gasteiger partial charge in [0.05, 0.1) is 40.1 Å². The lowest BCUT2D eigenvalue weighted by Crippen LogP contribution is -2.38. The molecule has 0 aliphatic carbocycles. The number of ether oxygens (including phenoxy) is 1. The van der Waals surface area contributed by atoms with Crippen molar-refractivity contribution in [2.75, 3.05) is 34.0 Å². The monoisotopic (exact) mass is 555 g/mol. The molecule has 4 N–H and O–H groups in total. The van der Waals surface area contributed by atoms with Gasteiger partial charge in [0.1, 0.15) is 0 Å². The van der Waals surface area contributed by atoms with Gasteiger partial charge in [-0.25, -0.2) is 0 Å². The second kappa shape index (κ2) is 10.6. The average Bonchev–Trinajstić information content (AvgIpc) is 2.81. The first kappa shape index (κ1) is 25.6. The van der Waals surface area contributed by atoms with Gasteiger partial charge in [-0.3, -0.25) is 23.0 Å². The molecule has 0 unspecified atom stereocenters. The molecular formula is C23H20Cl3N3O5S. The maximum atomic E-state index is 12.9. The topological polar surface area (TPSA) is 111 Å². The minimum Gasteiger partial charge on any atom is -0.357 e. The van der Waals surface area contributed by atoms with Crippen molar-refractivity contribution in [2.24, 2.45) is 0 Å². The van der Waals surface area contributed by atoms with Gasteiger partial charge in [-0.15, -0.1) is 0 Å². The summed E-state index contributed by atoms with van der Waals surface area (Å²) >= 11 is 18.4. The van der Waals surface area contributed by atoms with E-state index < -0.39 is 16.7 Å². The fourth-order valence-electron chi connectivity index (χ4n) is 3.36. The Morgan fingerprint density at radius 3 is 2.31 bits per heavy atom. The zero-order valence-corrected chi connectivity index (χ0v) is 21.1. The number of nitrogens with zero attached hydrogens (tertiary/aromatic N) is 1. The Balaban J connectivity index is 1.49. The number of benzene rings is 3. The Hall–Kier alpha value is -2.50. The van der Waals surface area contributed by atoms with E-state index in [9.17, 15) is 18.7 Å². The molecule has 35 heavy (non-hydrogen) atoms. The van der Waals surface area contributed by atoms with Crippen LogP contribution in [-0.4, -0.2) is 40.0 Å². The van der Waals surface area contributed by atoms with Crippen LogP contribution in [0.3, 0.4) is 0 Å². The van der Waals surface area contributed by atoms with Crippen LogP contribution in [0, 0.1) is 0 Å². The van der Waals surface area contributed by atoms with E-state index in [0.29, 0.717) is 34.3 Å². The van der Waals surface area contributed by atoms with Crippen molar-refractivity contribution < 1.29 is 23.4 Å². The van der Waals surface area contributed by atoms with Crippen LogP contribution in [0.2, 0.25) is 15.1 Å². The molecule has 12 heteroatoms. The summed E-state index contributed by atoms with van der Waals surface area (Å²) in [5, 5.41) is 6.36. The minimum absolute atomic E-state index is 0.131. The Kier molecular flexibility index (Phi) is 7.77. The number of hydrogen-bond donors (Lipinski definition) is 4. The Morgan fingerprint density at radius 1 is 0.886 bits per heavy atom. The molecule has 3 aromatic carbocycles. The molecule has 0 atom stereocenters. The molecule has 0 aromatic heterocycles. The van der Waals surface area contributed by atoms with Gasteiger partial charge in [0.2, 0.25) is 0 Å². The first-order valence-corrected chi connectivity index (χ1v) is 13.0. The van der Waals surface area contributed by atoms with Crippen LogP contribution >= 0.6 is 45.6 Å². The highest BCUT2D eigenvalue weighted by atomic mass is 35.5. The van der Waals surface area contributed by atoms with Crippen molar-refractivity contribution in [3.8, 4) is 0 Å². The number of halogens is 3. The van der Waals surface area contributed by atoms with Crippen molar-refractivity contribution in [3.63, 3.8) is 0 Å². The van der Waals surface area contributed by atoms with Crippen molar-refractivity contribution in [2.45, 2.75) is 0 Å². The zero-order valence-electron chi connectivity index (χ0n) is 18.0. The number of carbonyl (C=O) groups excluding carboxylic acids is 2. The van der Waals surface area contributed by atoms with Crippen LogP contribution in [0.5, 0.6) is 0 Å². The van der Waals surface area contributed by atoms with E-state index in [1.807, 2.05) is 0 Å². The number of amides is 2. The van der Waals surface area contributed by atoms with E-state index >= 15 is 0 Å². The smallest absolute Gasteiger partial charge is 0.257 e. The summed E-state index contributed by atoms with van der Waals surface area (Å²) in [6.07, 6.45) is 0. The number of hydrogen-bond acceptors (Lipinski definition) is 6. The van der Waals surface area contributed by atoms with Crippen LogP contribution in [0.4, 0.5) is 17.1 Å². The average molecular weight is 557 g/mol. The summed E-state index contributed by atoms with van der Waals surface area (Å²) in [5.74, 6) is -1.08. The van der Waals surface area contributed by atoms with Crippen molar-refractivity contribution in [1.29, 1.82) is 0 Å². The molecule has 0 spiro atoms. The Morgan fingerprint density at radius 2 is 1.63 bits per heavy atom. The highest BCUT2D eigenvalue weighted by molar-refractivity contribution is 8.25. The van der Waals surface area contributed by atoms with Gasteiger partial charge in [0, 0.05) is 16.3 Å². The summed E-state index contributed by atoms with van der Waals surface area (Å²) in [6, 6.07) is 15.6. The quantitative estimate of drug-likeness (QED) is 0.281. The van der Waals surface area contributed by atoms with E-state index in [1.54, 1.807) is 42.5 Å². The summed E-state index contributed by atoms with van der Waals surface area (Å²) in [6.45, 7) is 0.614. The summed E-state index contributed by atoms with van der Waals surface area (Å²) in [7, 11) is -3.12. The van der Waals surface area contributed by atoms with E-state index in [2.05, 4.69) is 10.6 Å². The molecule has 0 bridgehead atoms. The summed E-state index contributed by atoms with van der Waals surface area (Å²) < 4.78 is 27.0. The molecule has 1 fully saturated rings. The Labute approximate surface area is 218 Å². The van der Waals surface area contributed by atoms with Gasteiger partial charge in [0.25, 0.3) is 11.8 Å². The molecule has 1 aliphatic heterocycles. The highest BCUT2D eigenvalue weighted by Gasteiger charge is 2.28. The highest BCUT2D eigenvalue weighted by Crippen LogP contribution is 2.48. The third-order valence-corrected chi connectivity index (χ3v) is 7.57. The van der Waals surface area contributed by atoms with E-state index in [1.165, 1.54) is 22.5 Å². The standard InChI is InChI=1S/C23H20Cl3N3O5S/c24-15-3-1-14(2-4-15)22(30)28-21-11-16(5-8-19(21)25)27-23(31)18-7-6-17(12-20(18)26)29-9-10-34-13-35(29,32)33/h1-8,11-12,32-33H,9-10,13H2,(H,27,31)(H,28,30). The SMILES string of the molecule is O=C(Nc1cc(NC(=O)c2ccc(N3CCOCS3(O)O)cc2Cl)ccc1Cl)c1ccc(Cl)cc1. The third-order valence-electron chi connectivity index (χ3n) is 5.10. The van der Waals surface area contributed by atoms with Crippen LogP contribution in [0.25, 0.3) is 0 Å². The maximum absolute atomic E-state index is 12.9. The van der Waals surface area contributed by atoms with Crippen molar-refractivity contribution in [3.05, 3.63) is 86.9 Å². The van der Waals surface area contributed by atoms with E-state index in [4.69, 9.17) is 39.5 Å². The number of anilines is 3. The van der Waals surface area contributed by atoms with Crippen LogP contribution in [-0.2, 0) is 4.74 Å². The molecule has 8 nitrogen and oxygen atoms in total. The predicted octanol–water partition coefficient (Wildman–Crippen LogP) is 6.61. The van der Waals surface area contributed by atoms with Gasteiger partial charge in [0.15, 0.2) is 5.94 Å². The van der Waals surface area contributed by atoms with Gasteiger partial charge in [-0.05, 0) is 60.7 Å². The summed E-state index contributed by atoms with van der Waals surface area (Å²) in [4.78, 5) is 25.4. The number of rotatable bonds is 5. The second-order valence-corrected chi connectivity index (χ2v) is 10.7. The van der Waals surface area contributed by atoms with Gasteiger partial charge in [-0.1, -0.05) is 45.6 Å². The molecule has 1 heterocycles. The molecule has 3 aromatic rings. The normalized spacial score (nSPS) is 15.9. The van der Waals surface area contributed by atoms with Gasteiger partial charge < -0.3 is 15.4 Å². The molecule has 2 amide bonds. The second-order valence-electron chi connectivity index (χ2n) is 7.53. The molecule has 4 rings (SSSR count). The van der Waals surface area contributed by atoms with Gasteiger partial charge in [-0.2, -0.15) is 0 Å². The Bertz CT molecular complexity index is 1270. The zero-order chi connectivity index (χ0) is 25.2. The van der Waals surface area contributed by atoms with Crippen molar-refractivity contribution >= 4 is 74.5 Å². The minimum atomic E-state index is -3.12. The lowest BCUT2D eigenvalue weighted by atomic mass is 10.1. The van der Waals surface area contributed by atoms with Crippen LogP contribution in [0.15, 0.2) is 60.7 Å². The van der Waals surface area contributed by atoms with Crippen molar-refractivity contribution in [1.82, 2.24) is 0 Å². The first-order chi connectivity index (χ1) is 16.6. The lowest BCUT2D eigenvalue weighted by molar-refractivity contribution is 0.101. The molecule has 1 aliphatic rings. The third kappa shape index (κ3) is 6.02. The molecule has 0 radical (unpaired) electrons. The molecule has 184 valence electrons. The number of carbonyl (C=O) groups is 2. The fraction of sp³-hybridized carbons (Fsp3) is 0.130. The largest absolute Gasteiger partial charge is 0.357 e. The summed E-state index contributed by atoms with van der Waals surface area (Å²) in [5.41, 5.74) is 1.73. The van der Waals surface area contributed by atoms with E-state index in [-0.39, 0.29) is 34.0 Å². The fourth-order valence-corrected chi connectivity index (χ4v) is 5.20. The predicted molar refractivity (Wildman–Crippen MR) is 141 cm³/mol. The van der Waals surface area contributed by atoms with Crippen LogP contribution < -0.4 is 14.9 Å². The van der Waals surface area contributed by atoms with Crippen LogP contribution in [0.1, 0.15) is 20.7 Å². The molecular weight excluding hydrogens is 537 g/mol. The maximum Gasteiger partial charge on any atom is 0.257 e. The lowest BCUT2D eigenvalue weighted by Gasteiger charge is -2.46. The number of nitrogens with one attached hydrogen (secondary N) is 2. The first-order valence-electron chi connectivity index (χ1n) is 10.2. The molecule has 0 saturated carbocycles. The van der Waals surface area contributed by atoms with Gasteiger partial charge >= 0.3 is 0 Å². The molecule has 1 saturated heterocycles. The van der Waals surface area contributed by atoms with E-state index in [0.717, 1.165) is 0 Å².